The van der Waals surface area contributed by atoms with E-state index >= 15 is 0 Å². The first kappa shape index (κ1) is 23.1. The zero-order valence-electron chi connectivity index (χ0n) is 13.4. The van der Waals surface area contributed by atoms with Gasteiger partial charge in [-0.25, -0.2) is 10.4 Å². The highest BCUT2D eigenvalue weighted by molar-refractivity contribution is 7.86. The van der Waals surface area contributed by atoms with Gasteiger partial charge in [-0.1, -0.05) is 4.98 Å². The predicted octanol–water partition coefficient (Wildman–Crippen LogP) is 0.277. The van der Waals surface area contributed by atoms with Gasteiger partial charge in [0, 0.05) is 18.3 Å². The summed E-state index contributed by atoms with van der Waals surface area (Å²) in [6.07, 6.45) is 4.63. The number of allylic oxidation sites excluding steroid dienone is 1. The molecular weight excluding hydrogens is 379 g/mol. The molecule has 0 aliphatic heterocycles. The first-order valence-corrected chi connectivity index (χ1v) is 9.15. The van der Waals surface area contributed by atoms with Crippen LogP contribution in [0.3, 0.4) is 0 Å². The third-order valence-electron chi connectivity index (χ3n) is 2.82. The lowest BCUT2D eigenvalue weighted by Crippen LogP contribution is -2.30. The van der Waals surface area contributed by atoms with Crippen molar-refractivity contribution in [1.29, 1.82) is 0 Å². The lowest BCUT2D eigenvalue weighted by atomic mass is 10.2. The van der Waals surface area contributed by atoms with Gasteiger partial charge in [-0.3, -0.25) is 14.0 Å². The van der Waals surface area contributed by atoms with Gasteiger partial charge in [0.15, 0.2) is 6.67 Å². The molecule has 0 bridgehead atoms. The van der Waals surface area contributed by atoms with Crippen LogP contribution in [0.5, 0.6) is 0 Å². The number of imidazole rings is 1. The molecule has 0 aromatic carbocycles. The van der Waals surface area contributed by atoms with Crippen LogP contribution >= 0.6 is 12.6 Å². The van der Waals surface area contributed by atoms with Crippen LogP contribution in [0.1, 0.15) is 12.8 Å². The van der Waals surface area contributed by atoms with Gasteiger partial charge in [0.2, 0.25) is 0 Å². The third kappa shape index (κ3) is 8.15. The number of alkyl halides is 1. The second-order valence-electron chi connectivity index (χ2n) is 4.63. The van der Waals surface area contributed by atoms with Crippen molar-refractivity contribution in [2.45, 2.75) is 24.8 Å². The Labute approximate surface area is 149 Å². The van der Waals surface area contributed by atoms with Crippen LogP contribution < -0.4 is 11.6 Å². The molecule has 1 unspecified atom stereocenters. The van der Waals surface area contributed by atoms with Gasteiger partial charge in [-0.15, -0.1) is 0 Å². The van der Waals surface area contributed by atoms with Crippen LogP contribution in [0.15, 0.2) is 24.3 Å². The van der Waals surface area contributed by atoms with Crippen molar-refractivity contribution in [2.24, 2.45) is 11.6 Å². The Balaban J connectivity index is 0.00000277. The summed E-state index contributed by atoms with van der Waals surface area (Å²) in [6, 6.07) is 0. The minimum Gasteiger partial charge on any atom is -0.401 e. The molecule has 1 atom stereocenters. The minimum absolute atomic E-state index is 0.0358. The first-order valence-electron chi connectivity index (χ1n) is 6.75. The fourth-order valence-corrected chi connectivity index (χ4v) is 2.60. The van der Waals surface area contributed by atoms with Gasteiger partial charge >= 0.3 is 5.95 Å². The minimum atomic E-state index is -4.45. The van der Waals surface area contributed by atoms with Crippen LogP contribution in [-0.4, -0.2) is 50.6 Å². The molecule has 0 saturated heterocycles. The van der Waals surface area contributed by atoms with Crippen LogP contribution in [0.4, 0.5) is 10.3 Å². The summed E-state index contributed by atoms with van der Waals surface area (Å²) in [4.78, 5) is 13.5. The van der Waals surface area contributed by atoms with E-state index in [-0.39, 0.29) is 18.8 Å². The van der Waals surface area contributed by atoms with E-state index in [1.54, 1.807) is 6.26 Å². The van der Waals surface area contributed by atoms with E-state index in [2.05, 4.69) is 17.6 Å². The molecule has 1 aromatic heterocycles. The molecule has 1 rings (SSSR count). The summed E-state index contributed by atoms with van der Waals surface area (Å²) in [5.41, 5.74) is 5.58. The second-order valence-corrected chi connectivity index (χ2v) is 6.33. The van der Waals surface area contributed by atoms with Crippen molar-refractivity contribution in [2.75, 3.05) is 12.9 Å². The maximum Gasteiger partial charge on any atom is 0.436 e. The molecule has 0 aliphatic carbocycles. The fourth-order valence-electron chi connectivity index (χ4n) is 1.81. The topological polar surface area (TPSA) is 171 Å². The number of rotatable bonds is 9. The van der Waals surface area contributed by atoms with Crippen LogP contribution in [0, 0.1) is 10.1 Å². The molecule has 11 nitrogen and oxygen atoms in total. The number of thiol groups is 1. The molecule has 144 valence electrons. The van der Waals surface area contributed by atoms with E-state index < -0.39 is 39.3 Å². The summed E-state index contributed by atoms with van der Waals surface area (Å²) in [5, 5.41) is 10.3. The Kier molecular flexibility index (Phi) is 10.0. The smallest absolute Gasteiger partial charge is 0.401 e. The van der Waals surface area contributed by atoms with Crippen molar-refractivity contribution in [3.8, 4) is 0 Å². The molecule has 0 saturated carbocycles. The molecule has 14 heteroatoms. The van der Waals surface area contributed by atoms with E-state index in [1.165, 1.54) is 12.4 Å². The Hall–Kier alpha value is -1.90. The molecule has 0 aliphatic rings. The molecule has 1 heterocycles. The third-order valence-corrected chi connectivity index (χ3v) is 4.06. The largest absolute Gasteiger partial charge is 0.436 e. The zero-order valence-corrected chi connectivity index (χ0v) is 15.1. The summed E-state index contributed by atoms with van der Waals surface area (Å²) >= 11 is 3.53. The van der Waals surface area contributed by atoms with Gasteiger partial charge in [-0.05, 0) is 17.6 Å². The summed E-state index contributed by atoms with van der Waals surface area (Å²) in [7, 11) is -4.45. The number of hydrazine groups is 1. The van der Waals surface area contributed by atoms with Crippen molar-refractivity contribution in [1.82, 2.24) is 14.6 Å². The number of nitrogens with zero attached hydrogens (tertiary/aromatic N) is 4. The Bertz CT molecular complexity index is 680. The van der Waals surface area contributed by atoms with Gasteiger partial charge in [0.25, 0.3) is 10.1 Å². The van der Waals surface area contributed by atoms with Crippen LogP contribution in [-0.2, 0) is 16.8 Å². The molecule has 1 aromatic rings. The zero-order chi connectivity index (χ0) is 19.6. The number of hydrogen-bond donors (Lipinski definition) is 4. The highest BCUT2D eigenvalue weighted by Gasteiger charge is 2.23. The molecule has 5 N–H and O–H groups in total. The quantitative estimate of drug-likeness (QED) is 0.149. The SMILES string of the molecule is CS.N/C(=C\N(N)Cn1ccnc1[N+](=O)[O-])CC(CCF)S(=O)(=O)O. The summed E-state index contributed by atoms with van der Waals surface area (Å²) in [6.45, 7) is -1.11. The van der Waals surface area contributed by atoms with E-state index in [0.717, 1.165) is 15.8 Å². The van der Waals surface area contributed by atoms with Gasteiger partial charge in [0.1, 0.15) is 12.4 Å². The van der Waals surface area contributed by atoms with E-state index in [4.69, 9.17) is 16.1 Å². The van der Waals surface area contributed by atoms with E-state index in [0.29, 0.717) is 0 Å². The second kappa shape index (κ2) is 10.9. The van der Waals surface area contributed by atoms with E-state index in [9.17, 15) is 22.9 Å². The van der Waals surface area contributed by atoms with Gasteiger partial charge in [-0.2, -0.15) is 21.0 Å². The average molecular weight is 400 g/mol. The fraction of sp³-hybridized carbons (Fsp3) is 0.545. The first-order chi connectivity index (χ1) is 11.6. The van der Waals surface area contributed by atoms with Gasteiger partial charge < -0.3 is 15.8 Å². The molecular formula is C11H21FN6O5S2. The molecule has 0 spiro atoms. The monoisotopic (exact) mass is 400 g/mol. The maximum atomic E-state index is 12.3. The Morgan fingerprint density at radius 2 is 2.24 bits per heavy atom. The van der Waals surface area contributed by atoms with Crippen molar-refractivity contribution >= 4 is 28.7 Å². The van der Waals surface area contributed by atoms with Gasteiger partial charge in [0.05, 0.1) is 11.9 Å². The summed E-state index contributed by atoms with van der Waals surface area (Å²) < 4.78 is 44.6. The maximum absolute atomic E-state index is 12.3. The number of halogens is 1. The Morgan fingerprint density at radius 1 is 1.64 bits per heavy atom. The molecule has 25 heavy (non-hydrogen) atoms. The van der Waals surface area contributed by atoms with Crippen LogP contribution in [0.2, 0.25) is 0 Å². The van der Waals surface area contributed by atoms with Crippen molar-refractivity contribution in [3.63, 3.8) is 0 Å². The molecule has 0 amide bonds. The highest BCUT2D eigenvalue weighted by atomic mass is 32.2. The lowest BCUT2D eigenvalue weighted by molar-refractivity contribution is -0.397. The lowest BCUT2D eigenvalue weighted by Gasteiger charge is -2.16. The van der Waals surface area contributed by atoms with Crippen LogP contribution in [0.25, 0.3) is 0 Å². The number of nitrogens with two attached hydrogens (primary N) is 2. The average Bonchev–Trinajstić information content (AvgIpc) is 2.96. The number of aromatic nitrogens is 2. The van der Waals surface area contributed by atoms with Crippen molar-refractivity contribution in [3.05, 3.63) is 34.4 Å². The highest BCUT2D eigenvalue weighted by Crippen LogP contribution is 2.14. The van der Waals surface area contributed by atoms with Crippen molar-refractivity contribution < 1.29 is 22.3 Å². The number of hydrogen-bond acceptors (Lipinski definition) is 9. The normalized spacial score (nSPS) is 12.9. The standard InChI is InChI=1S/C10H17FN6O5S.CH4S/c11-2-1-9(23(20,21)22)5-8(12)6-16(13)7-15-4-3-14-10(15)17(18)19;1-2/h3-4,6,9H,1-2,5,7,12-13H2,(H,20,21,22);2H,1H3/b8-6-;. The predicted molar refractivity (Wildman–Crippen MR) is 92.6 cm³/mol. The molecule has 0 fully saturated rings. The molecule has 0 radical (unpaired) electrons. The summed E-state index contributed by atoms with van der Waals surface area (Å²) in [5.74, 6) is 5.18. The Morgan fingerprint density at radius 3 is 2.72 bits per heavy atom. The van der Waals surface area contributed by atoms with E-state index in [1.807, 2.05) is 0 Å². The number of nitro groups is 1.